The van der Waals surface area contributed by atoms with Gasteiger partial charge in [0.25, 0.3) is 0 Å². The zero-order valence-electron chi connectivity index (χ0n) is 10.9. The number of carbonyl (C=O) groups is 1. The lowest BCUT2D eigenvalue weighted by Gasteiger charge is -2.09. The number of carbonyl (C=O) groups excluding carboxylic acids is 1. The Labute approximate surface area is 124 Å². The van der Waals surface area contributed by atoms with E-state index >= 15 is 0 Å². The summed E-state index contributed by atoms with van der Waals surface area (Å²) in [4.78, 5) is 10.2. The van der Waals surface area contributed by atoms with E-state index in [1.165, 1.54) is 24.3 Å². The first-order valence-electron chi connectivity index (χ1n) is 5.89. The lowest BCUT2D eigenvalue weighted by molar-refractivity contribution is -0.137. The molecule has 0 heterocycles. The maximum absolute atomic E-state index is 12.4. The Kier molecular flexibility index (Phi) is 4.23. The van der Waals surface area contributed by atoms with Gasteiger partial charge in [0, 0.05) is 5.56 Å². The molecule has 116 valence electrons. The van der Waals surface area contributed by atoms with Crippen LogP contribution in [0.25, 0.3) is 0 Å². The van der Waals surface area contributed by atoms with E-state index in [-0.39, 0.29) is 11.3 Å². The van der Waals surface area contributed by atoms with Crippen molar-refractivity contribution in [1.29, 1.82) is 0 Å². The smallest absolute Gasteiger partial charge is 0.379 e. The SMILES string of the molecule is O=Cc1cccc(OS(=O)(=O)c2ccc(C(F)(F)F)cc2)c1. The zero-order chi connectivity index (χ0) is 16.4. The van der Waals surface area contributed by atoms with Gasteiger partial charge in [-0.15, -0.1) is 0 Å². The van der Waals surface area contributed by atoms with Gasteiger partial charge in [-0.2, -0.15) is 21.6 Å². The van der Waals surface area contributed by atoms with Crippen molar-refractivity contribution >= 4 is 16.4 Å². The van der Waals surface area contributed by atoms with Crippen LogP contribution in [0.1, 0.15) is 15.9 Å². The van der Waals surface area contributed by atoms with Crippen molar-refractivity contribution in [2.24, 2.45) is 0 Å². The highest BCUT2D eigenvalue weighted by atomic mass is 32.2. The summed E-state index contributed by atoms with van der Waals surface area (Å²) >= 11 is 0. The first-order chi connectivity index (χ1) is 10.2. The second kappa shape index (κ2) is 5.80. The first-order valence-corrected chi connectivity index (χ1v) is 7.30. The molecular weight excluding hydrogens is 321 g/mol. The molecule has 0 unspecified atom stereocenters. The fourth-order valence-electron chi connectivity index (χ4n) is 1.63. The Bertz CT molecular complexity index is 780. The number of hydrogen-bond donors (Lipinski definition) is 0. The highest BCUT2D eigenvalue weighted by molar-refractivity contribution is 7.87. The van der Waals surface area contributed by atoms with Crippen molar-refractivity contribution in [3.05, 3.63) is 59.7 Å². The van der Waals surface area contributed by atoms with Crippen LogP contribution in [-0.4, -0.2) is 14.7 Å². The van der Waals surface area contributed by atoms with E-state index < -0.39 is 26.8 Å². The van der Waals surface area contributed by atoms with Gasteiger partial charge in [0.1, 0.15) is 16.9 Å². The van der Waals surface area contributed by atoms with Crippen LogP contribution in [0.2, 0.25) is 0 Å². The standard InChI is InChI=1S/C14H9F3O4S/c15-14(16,17)11-4-6-13(7-5-11)22(19,20)21-12-3-1-2-10(8-12)9-18/h1-9H. The molecule has 0 N–H and O–H groups in total. The third-order valence-electron chi connectivity index (χ3n) is 2.67. The summed E-state index contributed by atoms with van der Waals surface area (Å²) in [7, 11) is -4.28. The third kappa shape index (κ3) is 3.64. The molecule has 0 spiro atoms. The van der Waals surface area contributed by atoms with Crippen LogP contribution in [0.3, 0.4) is 0 Å². The fraction of sp³-hybridized carbons (Fsp3) is 0.0714. The highest BCUT2D eigenvalue weighted by Gasteiger charge is 2.30. The summed E-state index contributed by atoms with van der Waals surface area (Å²) in [5, 5.41) is 0. The predicted octanol–water partition coefficient (Wildman–Crippen LogP) is 3.29. The Morgan fingerprint density at radius 2 is 1.64 bits per heavy atom. The van der Waals surface area contributed by atoms with E-state index in [2.05, 4.69) is 0 Å². The van der Waals surface area contributed by atoms with Crippen LogP contribution in [-0.2, 0) is 16.3 Å². The number of hydrogen-bond acceptors (Lipinski definition) is 4. The maximum atomic E-state index is 12.4. The van der Waals surface area contributed by atoms with Crippen LogP contribution in [0.5, 0.6) is 5.75 Å². The molecule has 2 aromatic rings. The summed E-state index contributed by atoms with van der Waals surface area (Å²) in [6.45, 7) is 0. The third-order valence-corrected chi connectivity index (χ3v) is 3.93. The molecule has 0 aliphatic rings. The van der Waals surface area contributed by atoms with Gasteiger partial charge in [-0.25, -0.2) is 0 Å². The van der Waals surface area contributed by atoms with Gasteiger partial charge in [-0.3, -0.25) is 4.79 Å². The average Bonchev–Trinajstić information content (AvgIpc) is 2.46. The van der Waals surface area contributed by atoms with Crippen molar-refractivity contribution in [2.45, 2.75) is 11.1 Å². The topological polar surface area (TPSA) is 60.4 Å². The number of aldehydes is 1. The molecule has 2 rings (SSSR count). The van der Waals surface area contributed by atoms with Crippen LogP contribution < -0.4 is 4.18 Å². The number of benzene rings is 2. The summed E-state index contributed by atoms with van der Waals surface area (Å²) in [6, 6.07) is 8.30. The zero-order valence-corrected chi connectivity index (χ0v) is 11.7. The first kappa shape index (κ1) is 16.0. The van der Waals surface area contributed by atoms with E-state index in [1.54, 1.807) is 0 Å². The Morgan fingerprint density at radius 3 is 2.18 bits per heavy atom. The minimum Gasteiger partial charge on any atom is -0.379 e. The quantitative estimate of drug-likeness (QED) is 0.637. The van der Waals surface area contributed by atoms with Gasteiger partial charge < -0.3 is 4.18 Å². The molecule has 0 saturated carbocycles. The molecule has 2 aromatic carbocycles. The van der Waals surface area contributed by atoms with Crippen LogP contribution in [0.15, 0.2) is 53.4 Å². The van der Waals surface area contributed by atoms with E-state index in [1.807, 2.05) is 0 Å². The number of alkyl halides is 3. The Balaban J connectivity index is 2.28. The molecule has 0 amide bonds. The van der Waals surface area contributed by atoms with Gasteiger partial charge in [0.05, 0.1) is 5.56 Å². The van der Waals surface area contributed by atoms with Crippen molar-refractivity contribution in [2.75, 3.05) is 0 Å². The van der Waals surface area contributed by atoms with E-state index in [4.69, 9.17) is 4.18 Å². The summed E-state index contributed by atoms with van der Waals surface area (Å²) in [5.41, 5.74) is -0.755. The van der Waals surface area contributed by atoms with Crippen molar-refractivity contribution < 1.29 is 30.6 Å². The molecule has 4 nitrogen and oxygen atoms in total. The molecular formula is C14H9F3O4S. The minimum atomic E-state index is -4.55. The van der Waals surface area contributed by atoms with E-state index in [9.17, 15) is 26.4 Å². The van der Waals surface area contributed by atoms with Gasteiger partial charge in [-0.05, 0) is 36.4 Å². The summed E-state index contributed by atoms with van der Waals surface area (Å²) in [5.74, 6) is -0.107. The Hall–Kier alpha value is -2.35. The van der Waals surface area contributed by atoms with E-state index in [0.29, 0.717) is 18.4 Å². The molecule has 0 saturated heterocycles. The predicted molar refractivity (Wildman–Crippen MR) is 71.1 cm³/mol. The lowest BCUT2D eigenvalue weighted by atomic mass is 10.2. The van der Waals surface area contributed by atoms with Crippen LogP contribution in [0.4, 0.5) is 13.2 Å². The molecule has 8 heteroatoms. The molecule has 0 aliphatic carbocycles. The largest absolute Gasteiger partial charge is 0.416 e. The van der Waals surface area contributed by atoms with Crippen LogP contribution >= 0.6 is 0 Å². The van der Waals surface area contributed by atoms with Crippen LogP contribution in [0, 0.1) is 0 Å². The highest BCUT2D eigenvalue weighted by Crippen LogP contribution is 2.30. The average molecular weight is 330 g/mol. The maximum Gasteiger partial charge on any atom is 0.416 e. The Morgan fingerprint density at radius 1 is 1.00 bits per heavy atom. The lowest BCUT2D eigenvalue weighted by Crippen LogP contribution is -2.11. The molecule has 0 bridgehead atoms. The minimum absolute atomic E-state index is 0.107. The van der Waals surface area contributed by atoms with E-state index in [0.717, 1.165) is 12.1 Å². The monoisotopic (exact) mass is 330 g/mol. The van der Waals surface area contributed by atoms with Crippen molar-refractivity contribution in [3.63, 3.8) is 0 Å². The second-order valence-electron chi connectivity index (χ2n) is 4.25. The summed E-state index contributed by atoms with van der Waals surface area (Å²) in [6.07, 6.45) is -4.04. The van der Waals surface area contributed by atoms with Gasteiger partial charge >= 0.3 is 16.3 Å². The van der Waals surface area contributed by atoms with Crippen molar-refractivity contribution in [1.82, 2.24) is 0 Å². The molecule has 0 atom stereocenters. The number of rotatable bonds is 4. The van der Waals surface area contributed by atoms with Gasteiger partial charge in [0.2, 0.25) is 0 Å². The number of halogens is 3. The molecule has 22 heavy (non-hydrogen) atoms. The fourth-order valence-corrected chi connectivity index (χ4v) is 2.55. The molecule has 0 radical (unpaired) electrons. The van der Waals surface area contributed by atoms with Gasteiger partial charge in [-0.1, -0.05) is 12.1 Å². The van der Waals surface area contributed by atoms with Crippen molar-refractivity contribution in [3.8, 4) is 5.75 Å². The normalized spacial score (nSPS) is 12.0. The molecule has 0 fully saturated rings. The van der Waals surface area contributed by atoms with Gasteiger partial charge in [0.15, 0.2) is 0 Å². The molecule has 0 aromatic heterocycles. The second-order valence-corrected chi connectivity index (χ2v) is 5.80. The molecule has 0 aliphatic heterocycles. The summed E-state index contributed by atoms with van der Waals surface area (Å²) < 4.78 is 66.0.